The van der Waals surface area contributed by atoms with E-state index in [1.165, 1.54) is 0 Å². The highest BCUT2D eigenvalue weighted by atomic mass is 16.5. The van der Waals surface area contributed by atoms with Gasteiger partial charge in [-0.1, -0.05) is 44.2 Å². The zero-order chi connectivity index (χ0) is 22.1. The van der Waals surface area contributed by atoms with Gasteiger partial charge < -0.3 is 24.8 Å². The minimum Gasteiger partial charge on any atom is -0.445 e. The highest BCUT2D eigenvalue weighted by Gasteiger charge is 2.33. The van der Waals surface area contributed by atoms with Crippen molar-refractivity contribution in [2.24, 2.45) is 11.8 Å². The van der Waals surface area contributed by atoms with Gasteiger partial charge in [0.05, 0.1) is 19.8 Å². The third kappa shape index (κ3) is 7.19. The third-order valence-electron chi connectivity index (χ3n) is 5.94. The van der Waals surface area contributed by atoms with Gasteiger partial charge in [0, 0.05) is 38.2 Å². The number of hydrogen-bond acceptors (Lipinski definition) is 6. The summed E-state index contributed by atoms with van der Waals surface area (Å²) in [6.45, 7) is 9.12. The molecule has 3 rings (SSSR count). The normalized spacial score (nSPS) is 21.5. The lowest BCUT2D eigenvalue weighted by Crippen LogP contribution is -2.55. The Morgan fingerprint density at radius 3 is 2.52 bits per heavy atom. The summed E-state index contributed by atoms with van der Waals surface area (Å²) in [5, 5.41) is 5.80. The van der Waals surface area contributed by atoms with Crippen molar-refractivity contribution in [3.63, 3.8) is 0 Å². The van der Waals surface area contributed by atoms with Crippen molar-refractivity contribution < 1.29 is 23.8 Å². The number of alkyl carbamates (subject to hydrolysis) is 1. The number of nitrogens with zero attached hydrogens (tertiary/aromatic N) is 1. The predicted octanol–water partition coefficient (Wildman–Crippen LogP) is 1.79. The summed E-state index contributed by atoms with van der Waals surface area (Å²) in [5.74, 6) is 0.129. The van der Waals surface area contributed by atoms with Gasteiger partial charge >= 0.3 is 6.09 Å². The van der Waals surface area contributed by atoms with Crippen LogP contribution in [0.2, 0.25) is 0 Å². The van der Waals surface area contributed by atoms with Gasteiger partial charge in [0.2, 0.25) is 5.91 Å². The summed E-state index contributed by atoms with van der Waals surface area (Å²) >= 11 is 0. The molecular weight excluding hydrogens is 398 g/mol. The van der Waals surface area contributed by atoms with Crippen LogP contribution in [-0.4, -0.2) is 75.0 Å². The number of carbonyl (C=O) groups excluding carboxylic acids is 2. The van der Waals surface area contributed by atoms with E-state index in [-0.39, 0.29) is 24.5 Å². The number of rotatable bonds is 9. The summed E-state index contributed by atoms with van der Waals surface area (Å²) in [7, 11) is 0. The molecule has 2 amide bonds. The Bertz CT molecular complexity index is 688. The molecule has 0 radical (unpaired) electrons. The minimum atomic E-state index is -0.659. The van der Waals surface area contributed by atoms with Gasteiger partial charge in [-0.25, -0.2) is 4.79 Å². The fourth-order valence-corrected chi connectivity index (χ4v) is 4.10. The number of morpholine rings is 1. The van der Waals surface area contributed by atoms with Crippen molar-refractivity contribution in [1.82, 2.24) is 15.5 Å². The number of carbonyl (C=O) groups is 2. The first-order valence-corrected chi connectivity index (χ1v) is 11.2. The smallest absolute Gasteiger partial charge is 0.408 e. The van der Waals surface area contributed by atoms with E-state index in [1.807, 2.05) is 44.2 Å². The highest BCUT2D eigenvalue weighted by molar-refractivity contribution is 5.85. The largest absolute Gasteiger partial charge is 0.445 e. The van der Waals surface area contributed by atoms with Crippen molar-refractivity contribution in [1.29, 1.82) is 0 Å². The molecule has 172 valence electrons. The van der Waals surface area contributed by atoms with Crippen LogP contribution < -0.4 is 10.6 Å². The monoisotopic (exact) mass is 433 g/mol. The van der Waals surface area contributed by atoms with Crippen LogP contribution in [0, 0.1) is 11.8 Å². The van der Waals surface area contributed by atoms with Gasteiger partial charge in [-0.15, -0.1) is 0 Å². The van der Waals surface area contributed by atoms with Crippen molar-refractivity contribution >= 4 is 12.0 Å². The summed E-state index contributed by atoms with van der Waals surface area (Å²) in [5.41, 5.74) is 0.898. The van der Waals surface area contributed by atoms with Gasteiger partial charge in [0.25, 0.3) is 0 Å². The Kier molecular flexibility index (Phi) is 9.12. The molecule has 0 spiro atoms. The zero-order valence-corrected chi connectivity index (χ0v) is 18.5. The van der Waals surface area contributed by atoms with E-state index in [1.54, 1.807) is 0 Å². The van der Waals surface area contributed by atoms with E-state index in [9.17, 15) is 9.59 Å². The van der Waals surface area contributed by atoms with Crippen molar-refractivity contribution in [3.05, 3.63) is 35.9 Å². The van der Waals surface area contributed by atoms with Crippen LogP contribution in [0.15, 0.2) is 30.3 Å². The van der Waals surface area contributed by atoms with E-state index < -0.39 is 12.1 Å². The summed E-state index contributed by atoms with van der Waals surface area (Å²) < 4.78 is 16.4. The molecule has 8 heteroatoms. The molecule has 0 saturated carbocycles. The molecule has 2 N–H and O–H groups in total. The lowest BCUT2D eigenvalue weighted by atomic mass is 9.96. The van der Waals surface area contributed by atoms with E-state index in [0.29, 0.717) is 25.7 Å². The molecule has 2 aliphatic heterocycles. The van der Waals surface area contributed by atoms with Gasteiger partial charge in [0.15, 0.2) is 0 Å². The van der Waals surface area contributed by atoms with Crippen LogP contribution in [-0.2, 0) is 25.6 Å². The van der Waals surface area contributed by atoms with Gasteiger partial charge in [-0.2, -0.15) is 0 Å². The SMILES string of the molecule is CC(C)[C@H](NC(=O)OCc1ccccc1)C(=O)NCC(C1CCOC1)N1CCOCC1. The van der Waals surface area contributed by atoms with E-state index in [2.05, 4.69) is 15.5 Å². The van der Waals surface area contributed by atoms with Crippen LogP contribution in [0.25, 0.3) is 0 Å². The molecule has 3 atom stereocenters. The average Bonchev–Trinajstić information content (AvgIpc) is 3.32. The number of ether oxygens (including phenoxy) is 3. The first-order valence-electron chi connectivity index (χ1n) is 11.2. The predicted molar refractivity (Wildman–Crippen MR) is 117 cm³/mol. The van der Waals surface area contributed by atoms with E-state index in [4.69, 9.17) is 14.2 Å². The van der Waals surface area contributed by atoms with E-state index in [0.717, 1.165) is 38.3 Å². The lowest BCUT2D eigenvalue weighted by molar-refractivity contribution is -0.124. The minimum absolute atomic E-state index is 0.0686. The average molecular weight is 434 g/mol. The number of hydrogen-bond donors (Lipinski definition) is 2. The molecule has 2 saturated heterocycles. The Morgan fingerprint density at radius 1 is 1.13 bits per heavy atom. The van der Waals surface area contributed by atoms with Crippen LogP contribution in [0.1, 0.15) is 25.8 Å². The molecule has 0 bridgehead atoms. The van der Waals surface area contributed by atoms with Crippen LogP contribution in [0.5, 0.6) is 0 Å². The van der Waals surface area contributed by atoms with Crippen LogP contribution >= 0.6 is 0 Å². The molecule has 31 heavy (non-hydrogen) atoms. The summed E-state index contributed by atoms with van der Waals surface area (Å²) in [6.07, 6.45) is 0.405. The van der Waals surface area contributed by atoms with Crippen molar-refractivity contribution in [3.8, 4) is 0 Å². The van der Waals surface area contributed by atoms with Crippen LogP contribution in [0.4, 0.5) is 4.79 Å². The van der Waals surface area contributed by atoms with Gasteiger partial charge in [-0.05, 0) is 17.9 Å². The van der Waals surface area contributed by atoms with Crippen molar-refractivity contribution in [2.45, 2.75) is 39.0 Å². The topological polar surface area (TPSA) is 89.1 Å². The highest BCUT2D eigenvalue weighted by Crippen LogP contribution is 2.22. The summed E-state index contributed by atoms with van der Waals surface area (Å²) in [4.78, 5) is 27.6. The molecule has 1 aromatic carbocycles. The lowest BCUT2D eigenvalue weighted by Gasteiger charge is -2.37. The Balaban J connectivity index is 1.52. The van der Waals surface area contributed by atoms with Crippen molar-refractivity contribution in [2.75, 3.05) is 46.1 Å². The maximum atomic E-state index is 12.9. The first kappa shape index (κ1) is 23.5. The second-order valence-electron chi connectivity index (χ2n) is 8.51. The Labute approximate surface area is 184 Å². The quantitative estimate of drug-likeness (QED) is 0.617. The second kappa shape index (κ2) is 12.0. The molecule has 2 heterocycles. The molecule has 2 unspecified atom stereocenters. The number of nitrogens with one attached hydrogen (secondary N) is 2. The maximum Gasteiger partial charge on any atom is 0.408 e. The van der Waals surface area contributed by atoms with Gasteiger partial charge in [-0.3, -0.25) is 9.69 Å². The standard InChI is InChI=1S/C23H35N3O5/c1-17(2)21(25-23(28)31-15-18-6-4-3-5-7-18)22(27)24-14-20(19-8-11-30-16-19)26-9-12-29-13-10-26/h3-7,17,19-21H,8-16H2,1-2H3,(H,24,27)(H,25,28)/t19?,20?,21-/m0/s1. The van der Waals surface area contributed by atoms with Gasteiger partial charge in [0.1, 0.15) is 12.6 Å². The van der Waals surface area contributed by atoms with E-state index >= 15 is 0 Å². The molecule has 2 aliphatic rings. The van der Waals surface area contributed by atoms with Crippen LogP contribution in [0.3, 0.4) is 0 Å². The molecule has 0 aromatic heterocycles. The Morgan fingerprint density at radius 2 is 1.87 bits per heavy atom. The molecule has 8 nitrogen and oxygen atoms in total. The molecule has 1 aromatic rings. The number of amides is 2. The zero-order valence-electron chi connectivity index (χ0n) is 18.5. The Hall–Kier alpha value is -2.16. The fraction of sp³-hybridized carbons (Fsp3) is 0.652. The molecule has 2 fully saturated rings. The number of benzene rings is 1. The summed E-state index contributed by atoms with van der Waals surface area (Å²) in [6, 6.07) is 9.01. The molecule has 0 aliphatic carbocycles. The third-order valence-corrected chi connectivity index (χ3v) is 5.94. The fourth-order valence-electron chi connectivity index (χ4n) is 4.10. The second-order valence-corrected chi connectivity index (χ2v) is 8.51. The first-order chi connectivity index (χ1) is 15.0. The maximum absolute atomic E-state index is 12.9. The molecular formula is C23H35N3O5.